The molecule has 0 saturated carbocycles. The minimum atomic E-state index is -0.486. The number of carbonyl (C=O) groups is 1. The zero-order valence-corrected chi connectivity index (χ0v) is 17.8. The summed E-state index contributed by atoms with van der Waals surface area (Å²) in [6.45, 7) is 1.11. The van der Waals surface area contributed by atoms with E-state index < -0.39 is 6.09 Å². The van der Waals surface area contributed by atoms with Crippen LogP contribution in [-0.4, -0.2) is 24.3 Å². The fourth-order valence-corrected chi connectivity index (χ4v) is 3.57. The number of carbonyl (C=O) groups excluding carboxylic acids is 1. The van der Waals surface area contributed by atoms with E-state index in [-0.39, 0.29) is 24.9 Å². The highest BCUT2D eigenvalue weighted by Crippen LogP contribution is 2.22. The average molecular weight is 430 g/mol. The molecule has 5 heteroatoms. The molecule has 0 saturated heterocycles. The van der Waals surface area contributed by atoms with E-state index in [4.69, 9.17) is 14.2 Å². The van der Waals surface area contributed by atoms with Crippen LogP contribution in [0.15, 0.2) is 103 Å². The van der Waals surface area contributed by atoms with Crippen molar-refractivity contribution in [2.45, 2.75) is 38.1 Å². The Kier molecular flexibility index (Phi) is 7.69. The van der Waals surface area contributed by atoms with Gasteiger partial charge in [-0.2, -0.15) is 0 Å². The summed E-state index contributed by atoms with van der Waals surface area (Å²) in [7, 11) is 0. The topological polar surface area (TPSA) is 56.8 Å². The van der Waals surface area contributed by atoms with E-state index in [0.29, 0.717) is 13.2 Å². The molecular weight excluding hydrogens is 402 g/mol. The van der Waals surface area contributed by atoms with Crippen LogP contribution in [0.2, 0.25) is 0 Å². The first kappa shape index (κ1) is 21.8. The van der Waals surface area contributed by atoms with Crippen LogP contribution in [0, 0.1) is 0 Å². The summed E-state index contributed by atoms with van der Waals surface area (Å²) in [6, 6.07) is 29.2. The zero-order chi connectivity index (χ0) is 22.0. The Morgan fingerprint density at radius 3 is 1.72 bits per heavy atom. The molecule has 0 heterocycles. The van der Waals surface area contributed by atoms with Crippen LogP contribution < -0.4 is 5.32 Å². The van der Waals surface area contributed by atoms with Gasteiger partial charge in [-0.15, -0.1) is 0 Å². The molecule has 1 aliphatic rings. The van der Waals surface area contributed by atoms with Crippen molar-refractivity contribution < 1.29 is 19.0 Å². The second-order valence-electron chi connectivity index (χ2n) is 7.64. The maximum absolute atomic E-state index is 12.4. The Labute approximate surface area is 188 Å². The highest BCUT2D eigenvalue weighted by Gasteiger charge is 2.35. The SMILES string of the molecule is O=C(N[C@@H]1C=C[C@@H](OCc2ccccc2)[C@H]1OCc1ccccc1)OCc1ccccc1. The molecule has 0 bridgehead atoms. The Balaban J connectivity index is 1.36. The summed E-state index contributed by atoms with van der Waals surface area (Å²) in [5.74, 6) is 0. The monoisotopic (exact) mass is 429 g/mol. The Hall–Kier alpha value is -3.41. The van der Waals surface area contributed by atoms with Crippen LogP contribution >= 0.6 is 0 Å². The number of nitrogens with one attached hydrogen (secondary N) is 1. The summed E-state index contributed by atoms with van der Waals surface area (Å²) < 4.78 is 17.7. The quantitative estimate of drug-likeness (QED) is 0.485. The van der Waals surface area contributed by atoms with Crippen molar-refractivity contribution in [1.29, 1.82) is 0 Å². The van der Waals surface area contributed by atoms with Gasteiger partial charge in [-0.05, 0) is 16.7 Å². The van der Waals surface area contributed by atoms with Gasteiger partial charge >= 0.3 is 6.09 Å². The molecule has 32 heavy (non-hydrogen) atoms. The third-order valence-electron chi connectivity index (χ3n) is 5.25. The Morgan fingerprint density at radius 1 is 0.656 bits per heavy atom. The van der Waals surface area contributed by atoms with Crippen molar-refractivity contribution in [3.05, 3.63) is 120 Å². The second-order valence-corrected chi connectivity index (χ2v) is 7.64. The Bertz CT molecular complexity index is 992. The summed E-state index contributed by atoms with van der Waals surface area (Å²) >= 11 is 0. The molecule has 0 radical (unpaired) electrons. The molecule has 0 aromatic heterocycles. The van der Waals surface area contributed by atoms with E-state index in [0.717, 1.165) is 16.7 Å². The van der Waals surface area contributed by atoms with Crippen molar-refractivity contribution >= 4 is 6.09 Å². The third-order valence-corrected chi connectivity index (χ3v) is 5.25. The molecule has 3 aromatic rings. The van der Waals surface area contributed by atoms with E-state index >= 15 is 0 Å². The van der Waals surface area contributed by atoms with Crippen molar-refractivity contribution in [2.75, 3.05) is 0 Å². The van der Waals surface area contributed by atoms with Gasteiger partial charge in [0.05, 0.1) is 19.3 Å². The molecule has 0 unspecified atom stereocenters. The third kappa shape index (κ3) is 6.30. The number of benzene rings is 3. The first-order valence-corrected chi connectivity index (χ1v) is 10.7. The smallest absolute Gasteiger partial charge is 0.408 e. The van der Waals surface area contributed by atoms with Gasteiger partial charge < -0.3 is 19.5 Å². The lowest BCUT2D eigenvalue weighted by Crippen LogP contribution is -2.45. The molecule has 3 aromatic carbocycles. The number of amides is 1. The second kappa shape index (κ2) is 11.3. The largest absolute Gasteiger partial charge is 0.445 e. The van der Waals surface area contributed by atoms with E-state index in [1.54, 1.807) is 0 Å². The molecule has 5 nitrogen and oxygen atoms in total. The van der Waals surface area contributed by atoms with Gasteiger partial charge in [0.15, 0.2) is 0 Å². The minimum absolute atomic E-state index is 0.215. The maximum Gasteiger partial charge on any atom is 0.408 e. The number of rotatable bonds is 9. The van der Waals surface area contributed by atoms with Gasteiger partial charge in [0, 0.05) is 0 Å². The molecule has 0 fully saturated rings. The molecule has 1 N–H and O–H groups in total. The van der Waals surface area contributed by atoms with Crippen LogP contribution in [0.4, 0.5) is 4.79 Å². The first-order valence-electron chi connectivity index (χ1n) is 10.7. The van der Waals surface area contributed by atoms with Crippen molar-refractivity contribution in [2.24, 2.45) is 0 Å². The Morgan fingerprint density at radius 2 is 1.16 bits per heavy atom. The fourth-order valence-electron chi connectivity index (χ4n) is 3.57. The highest BCUT2D eigenvalue weighted by molar-refractivity contribution is 5.68. The lowest BCUT2D eigenvalue weighted by Gasteiger charge is -2.26. The predicted molar refractivity (Wildman–Crippen MR) is 123 cm³/mol. The number of hydrogen-bond donors (Lipinski definition) is 1. The van der Waals surface area contributed by atoms with Gasteiger partial charge in [0.1, 0.15) is 18.8 Å². The number of ether oxygens (including phenoxy) is 3. The zero-order valence-electron chi connectivity index (χ0n) is 17.8. The van der Waals surface area contributed by atoms with Crippen molar-refractivity contribution in [1.82, 2.24) is 5.32 Å². The molecule has 4 rings (SSSR count). The van der Waals surface area contributed by atoms with Gasteiger partial charge in [-0.1, -0.05) is 103 Å². The fraction of sp³-hybridized carbons (Fsp3) is 0.222. The van der Waals surface area contributed by atoms with Crippen LogP contribution in [-0.2, 0) is 34.0 Å². The molecule has 3 atom stereocenters. The van der Waals surface area contributed by atoms with Crippen molar-refractivity contribution in [3.63, 3.8) is 0 Å². The highest BCUT2D eigenvalue weighted by atomic mass is 16.6. The first-order chi connectivity index (χ1) is 15.8. The minimum Gasteiger partial charge on any atom is -0.445 e. The van der Waals surface area contributed by atoms with Gasteiger partial charge in [0.25, 0.3) is 0 Å². The van der Waals surface area contributed by atoms with Crippen LogP contribution in [0.1, 0.15) is 16.7 Å². The van der Waals surface area contributed by atoms with E-state index in [9.17, 15) is 4.79 Å². The molecule has 0 aliphatic heterocycles. The lowest BCUT2D eigenvalue weighted by molar-refractivity contribution is -0.0653. The van der Waals surface area contributed by atoms with Crippen LogP contribution in [0.5, 0.6) is 0 Å². The van der Waals surface area contributed by atoms with E-state index in [1.807, 2.05) is 103 Å². The lowest BCUT2D eigenvalue weighted by atomic mass is 10.1. The molecule has 1 amide bonds. The normalized spacial score (nSPS) is 19.6. The van der Waals surface area contributed by atoms with E-state index in [1.165, 1.54) is 0 Å². The molecule has 0 spiro atoms. The molecular formula is C27H27NO4. The van der Waals surface area contributed by atoms with Gasteiger partial charge in [-0.25, -0.2) is 4.79 Å². The summed E-state index contributed by atoms with van der Waals surface area (Å²) in [5, 5.41) is 2.91. The summed E-state index contributed by atoms with van der Waals surface area (Å²) in [4.78, 5) is 12.4. The summed E-state index contributed by atoms with van der Waals surface area (Å²) in [5.41, 5.74) is 3.08. The number of alkyl carbamates (subject to hydrolysis) is 1. The summed E-state index contributed by atoms with van der Waals surface area (Å²) in [6.07, 6.45) is 2.73. The average Bonchev–Trinajstić information content (AvgIpc) is 3.23. The maximum atomic E-state index is 12.4. The van der Waals surface area contributed by atoms with Gasteiger partial charge in [-0.3, -0.25) is 0 Å². The van der Waals surface area contributed by atoms with Crippen LogP contribution in [0.3, 0.4) is 0 Å². The van der Waals surface area contributed by atoms with Gasteiger partial charge in [0.2, 0.25) is 0 Å². The van der Waals surface area contributed by atoms with E-state index in [2.05, 4.69) is 5.32 Å². The van der Waals surface area contributed by atoms with Crippen LogP contribution in [0.25, 0.3) is 0 Å². The number of hydrogen-bond acceptors (Lipinski definition) is 4. The molecule has 1 aliphatic carbocycles. The molecule has 164 valence electrons. The van der Waals surface area contributed by atoms with Crippen molar-refractivity contribution in [3.8, 4) is 0 Å². The predicted octanol–water partition coefficient (Wildman–Crippen LogP) is 5.02. The standard InChI is InChI=1S/C27H27NO4/c29-27(32-20-23-14-8-3-9-15-23)28-24-16-17-25(30-18-21-10-4-1-5-11-21)26(24)31-19-22-12-6-2-7-13-22/h1-17,24-26H,18-20H2,(H,28,29)/t24-,25-,26+/m1/s1.